The average Bonchev–Trinajstić information content (AvgIpc) is 3.36. The highest BCUT2D eigenvalue weighted by molar-refractivity contribution is 5.61. The van der Waals surface area contributed by atoms with Crippen molar-refractivity contribution in [1.29, 1.82) is 0 Å². The maximum absolute atomic E-state index is 6.17. The van der Waals surface area contributed by atoms with Gasteiger partial charge in [0.2, 0.25) is 5.95 Å². The number of benzene rings is 2. The molecule has 0 atom stereocenters. The van der Waals surface area contributed by atoms with E-state index in [1.165, 1.54) is 11.9 Å². The van der Waals surface area contributed by atoms with E-state index < -0.39 is 0 Å². The third-order valence-electron chi connectivity index (χ3n) is 5.60. The Morgan fingerprint density at radius 1 is 1.09 bits per heavy atom. The molecule has 8 nitrogen and oxygen atoms in total. The molecule has 5 rings (SSSR count). The van der Waals surface area contributed by atoms with Gasteiger partial charge in [-0.15, -0.1) is 0 Å². The van der Waals surface area contributed by atoms with Gasteiger partial charge in [-0.2, -0.15) is 4.98 Å². The van der Waals surface area contributed by atoms with Crippen LogP contribution in [-0.2, 0) is 11.3 Å². The number of rotatable bonds is 7. The summed E-state index contributed by atoms with van der Waals surface area (Å²) >= 11 is 0. The van der Waals surface area contributed by atoms with Crippen LogP contribution in [0.5, 0.6) is 5.75 Å². The van der Waals surface area contributed by atoms with E-state index in [2.05, 4.69) is 43.5 Å². The highest BCUT2D eigenvalue weighted by Gasteiger charge is 2.16. The summed E-state index contributed by atoms with van der Waals surface area (Å²) in [5, 5.41) is 3.26. The van der Waals surface area contributed by atoms with Gasteiger partial charge in [0.15, 0.2) is 5.82 Å². The fraction of sp³-hybridized carbons (Fsp3) is 0.280. The van der Waals surface area contributed by atoms with E-state index in [-0.39, 0.29) is 6.10 Å². The lowest BCUT2D eigenvalue weighted by Crippen LogP contribution is -2.26. The van der Waals surface area contributed by atoms with Gasteiger partial charge in [-0.05, 0) is 48.4 Å². The summed E-state index contributed by atoms with van der Waals surface area (Å²) < 4.78 is 13.6. The molecule has 3 heterocycles. The van der Waals surface area contributed by atoms with Gasteiger partial charge in [-0.25, -0.2) is 15.0 Å². The molecule has 0 radical (unpaired) electrons. The molecule has 0 amide bonds. The van der Waals surface area contributed by atoms with Crippen LogP contribution in [0.2, 0.25) is 0 Å². The summed E-state index contributed by atoms with van der Waals surface area (Å²) in [5.74, 6) is 2.02. The molecule has 4 aromatic rings. The molecule has 0 spiro atoms. The van der Waals surface area contributed by atoms with Crippen LogP contribution in [0, 0.1) is 6.92 Å². The third-order valence-corrected chi connectivity index (χ3v) is 5.60. The number of nitrogens with zero attached hydrogens (tertiary/aromatic N) is 5. The predicted molar refractivity (Wildman–Crippen MR) is 126 cm³/mol. The van der Waals surface area contributed by atoms with Crippen LogP contribution in [0.25, 0.3) is 11.4 Å². The van der Waals surface area contributed by atoms with Crippen LogP contribution >= 0.6 is 0 Å². The Morgan fingerprint density at radius 2 is 1.94 bits per heavy atom. The molecule has 168 valence electrons. The minimum absolute atomic E-state index is 0.211. The summed E-state index contributed by atoms with van der Waals surface area (Å²) in [6.45, 7) is 4.35. The van der Waals surface area contributed by atoms with Crippen LogP contribution in [-0.4, -0.2) is 43.8 Å². The van der Waals surface area contributed by atoms with Crippen molar-refractivity contribution in [3.63, 3.8) is 0 Å². The zero-order chi connectivity index (χ0) is 22.5. The summed E-state index contributed by atoms with van der Waals surface area (Å²) in [6.07, 6.45) is 9.13. The van der Waals surface area contributed by atoms with Crippen LogP contribution in [0.3, 0.4) is 0 Å². The van der Waals surface area contributed by atoms with Gasteiger partial charge in [0, 0.05) is 43.0 Å². The minimum atomic E-state index is 0.211. The van der Waals surface area contributed by atoms with E-state index >= 15 is 0 Å². The molecule has 0 unspecified atom stereocenters. The molecule has 8 heteroatoms. The van der Waals surface area contributed by atoms with Gasteiger partial charge in [-0.3, -0.25) is 0 Å². The van der Waals surface area contributed by atoms with E-state index in [9.17, 15) is 0 Å². The Morgan fingerprint density at radius 3 is 2.70 bits per heavy atom. The zero-order valence-electron chi connectivity index (χ0n) is 18.5. The number of imidazole rings is 1. The topological polar surface area (TPSA) is 87.0 Å². The number of nitrogens with one attached hydrogen (secondary N) is 1. The lowest BCUT2D eigenvalue weighted by atomic mass is 10.1. The van der Waals surface area contributed by atoms with Crippen molar-refractivity contribution in [2.24, 2.45) is 0 Å². The fourth-order valence-electron chi connectivity index (χ4n) is 3.80. The van der Waals surface area contributed by atoms with E-state index in [1.807, 2.05) is 48.3 Å². The number of aromatic nitrogens is 5. The Balaban J connectivity index is 1.26. The van der Waals surface area contributed by atoms with E-state index in [0.29, 0.717) is 11.8 Å². The SMILES string of the molecule is Cc1cc(-c2ncnc(Nc3ccc(Cn4ccnc4)cc3)n2)ccc1OC1CCOCC1. The quantitative estimate of drug-likeness (QED) is 0.454. The molecule has 33 heavy (non-hydrogen) atoms. The number of hydrogen-bond donors (Lipinski definition) is 1. The molecule has 1 aliphatic rings. The lowest BCUT2D eigenvalue weighted by molar-refractivity contribution is 0.0253. The molecule has 2 aromatic carbocycles. The molecule has 1 saturated heterocycles. The second-order valence-electron chi connectivity index (χ2n) is 8.10. The molecule has 0 aliphatic carbocycles. The molecule has 1 aliphatic heterocycles. The second-order valence-corrected chi connectivity index (χ2v) is 8.10. The number of hydrogen-bond acceptors (Lipinski definition) is 7. The predicted octanol–water partition coefficient (Wildman–Crippen LogP) is 4.39. The Bertz CT molecular complexity index is 1190. The Labute approximate surface area is 192 Å². The first-order valence-corrected chi connectivity index (χ1v) is 11.1. The van der Waals surface area contributed by atoms with E-state index in [4.69, 9.17) is 9.47 Å². The van der Waals surface area contributed by atoms with Crippen LogP contribution in [0.1, 0.15) is 24.0 Å². The van der Waals surface area contributed by atoms with Crippen molar-refractivity contribution >= 4 is 11.6 Å². The monoisotopic (exact) mass is 442 g/mol. The van der Waals surface area contributed by atoms with Crippen LogP contribution in [0.15, 0.2) is 67.5 Å². The van der Waals surface area contributed by atoms with E-state index in [0.717, 1.165) is 55.2 Å². The second kappa shape index (κ2) is 9.79. The van der Waals surface area contributed by atoms with Crippen molar-refractivity contribution in [2.45, 2.75) is 32.4 Å². The molecule has 2 aromatic heterocycles. The van der Waals surface area contributed by atoms with E-state index in [1.54, 1.807) is 6.20 Å². The summed E-state index contributed by atoms with van der Waals surface area (Å²) in [4.78, 5) is 17.3. The van der Waals surface area contributed by atoms with Crippen molar-refractivity contribution in [3.8, 4) is 17.1 Å². The number of anilines is 2. The molecular formula is C25H26N6O2. The zero-order valence-corrected chi connectivity index (χ0v) is 18.5. The molecule has 0 saturated carbocycles. The maximum atomic E-state index is 6.17. The van der Waals surface area contributed by atoms with Gasteiger partial charge < -0.3 is 19.4 Å². The van der Waals surface area contributed by atoms with Gasteiger partial charge in [-0.1, -0.05) is 12.1 Å². The summed E-state index contributed by atoms with van der Waals surface area (Å²) in [5.41, 5.74) is 4.08. The van der Waals surface area contributed by atoms with Crippen molar-refractivity contribution in [1.82, 2.24) is 24.5 Å². The number of aryl methyl sites for hydroxylation is 1. The summed E-state index contributed by atoms with van der Waals surface area (Å²) in [6, 6.07) is 14.2. The lowest BCUT2D eigenvalue weighted by Gasteiger charge is -2.24. The Hall–Kier alpha value is -3.78. The first kappa shape index (κ1) is 21.1. The molecule has 0 bridgehead atoms. The van der Waals surface area contributed by atoms with Gasteiger partial charge >= 0.3 is 0 Å². The van der Waals surface area contributed by atoms with Gasteiger partial charge in [0.25, 0.3) is 0 Å². The minimum Gasteiger partial charge on any atom is -0.490 e. The van der Waals surface area contributed by atoms with Gasteiger partial charge in [0.05, 0.1) is 19.5 Å². The first-order chi connectivity index (χ1) is 16.2. The highest BCUT2D eigenvalue weighted by Crippen LogP contribution is 2.27. The van der Waals surface area contributed by atoms with Crippen molar-refractivity contribution < 1.29 is 9.47 Å². The van der Waals surface area contributed by atoms with Crippen LogP contribution in [0.4, 0.5) is 11.6 Å². The summed E-state index contributed by atoms with van der Waals surface area (Å²) in [7, 11) is 0. The standard InChI is InChI=1S/C25H26N6O2/c1-18-14-20(4-7-23(18)33-22-8-12-32-13-9-22)24-27-16-28-25(30-24)29-21-5-2-19(3-6-21)15-31-11-10-26-17-31/h2-7,10-11,14,16-17,22H,8-9,12-13,15H2,1H3,(H,27,28,29,30). The maximum Gasteiger partial charge on any atom is 0.230 e. The fourth-order valence-corrected chi connectivity index (χ4v) is 3.80. The largest absolute Gasteiger partial charge is 0.490 e. The third kappa shape index (κ3) is 5.35. The molecule has 1 fully saturated rings. The van der Waals surface area contributed by atoms with Crippen LogP contribution < -0.4 is 10.1 Å². The molecule has 1 N–H and O–H groups in total. The number of ether oxygens (including phenoxy) is 2. The Kier molecular flexibility index (Phi) is 6.25. The van der Waals surface area contributed by atoms with Crippen molar-refractivity contribution in [2.75, 3.05) is 18.5 Å². The first-order valence-electron chi connectivity index (χ1n) is 11.1. The van der Waals surface area contributed by atoms with Gasteiger partial charge in [0.1, 0.15) is 18.2 Å². The highest BCUT2D eigenvalue weighted by atomic mass is 16.5. The van der Waals surface area contributed by atoms with Crippen molar-refractivity contribution in [3.05, 3.63) is 78.6 Å². The average molecular weight is 443 g/mol. The normalized spacial score (nSPS) is 14.2. The smallest absolute Gasteiger partial charge is 0.230 e. The molecular weight excluding hydrogens is 416 g/mol.